The molecule has 41 heavy (non-hydrogen) atoms. The Balaban J connectivity index is 1.37. The largest absolute Gasteiger partial charge is 0.497 e. The molecular formula is C31H32N4O6. The molecule has 10 heteroatoms. The number of anilines is 1. The van der Waals surface area contributed by atoms with E-state index in [0.29, 0.717) is 36.8 Å². The molecule has 4 heterocycles. The number of ether oxygens (including phenoxy) is 2. The minimum Gasteiger partial charge on any atom is -0.497 e. The van der Waals surface area contributed by atoms with Crippen molar-refractivity contribution in [3.05, 3.63) is 88.3 Å². The molecule has 3 aliphatic rings. The summed E-state index contributed by atoms with van der Waals surface area (Å²) in [4.78, 5) is 57.1. The Hall–Kier alpha value is -4.44. The van der Waals surface area contributed by atoms with E-state index in [0.717, 1.165) is 22.6 Å². The lowest BCUT2D eigenvalue weighted by Crippen LogP contribution is -2.68. The third kappa shape index (κ3) is 4.78. The minimum absolute atomic E-state index is 0.00268. The number of imide groups is 2. The Labute approximate surface area is 237 Å². The van der Waals surface area contributed by atoms with Crippen LogP contribution in [-0.4, -0.2) is 61.2 Å². The molecule has 2 fully saturated rings. The first kappa shape index (κ1) is 26.8. The molecule has 2 bridgehead atoms. The standard InChI is InChI=1S/C31H32N4O6/c1-40-24-10-6-20(7-11-24)15-31(19-33-16-21-14-22(18-33)26-4-3-5-27(36)34(26)17-21)28(37)32-30(39)35(29(31)38)23-8-12-25(41-2)13-9-23/h3-13,21-22H,14-19H2,1-2H3,(H,32,37,39)/t21-,22+,31-/m1/s1. The van der Waals surface area contributed by atoms with E-state index in [1.54, 1.807) is 55.6 Å². The monoisotopic (exact) mass is 556 g/mol. The molecule has 0 aliphatic carbocycles. The third-order valence-corrected chi connectivity index (χ3v) is 8.52. The van der Waals surface area contributed by atoms with Gasteiger partial charge in [-0.1, -0.05) is 18.2 Å². The molecule has 4 amide bonds. The van der Waals surface area contributed by atoms with Gasteiger partial charge in [0.2, 0.25) is 5.91 Å². The van der Waals surface area contributed by atoms with Crippen molar-refractivity contribution in [3.8, 4) is 11.5 Å². The summed E-state index contributed by atoms with van der Waals surface area (Å²) in [6.07, 6.45) is 1.05. The molecule has 2 aromatic carbocycles. The van der Waals surface area contributed by atoms with Crippen molar-refractivity contribution >= 4 is 23.5 Å². The predicted molar refractivity (Wildman–Crippen MR) is 151 cm³/mol. The summed E-state index contributed by atoms with van der Waals surface area (Å²) in [6, 6.07) is 18.4. The number of amides is 4. The van der Waals surface area contributed by atoms with Crippen LogP contribution >= 0.6 is 0 Å². The van der Waals surface area contributed by atoms with Crippen LogP contribution < -0.4 is 25.2 Å². The van der Waals surface area contributed by atoms with Crippen LogP contribution in [0.1, 0.15) is 23.6 Å². The van der Waals surface area contributed by atoms with Gasteiger partial charge in [-0.05, 0) is 66.8 Å². The summed E-state index contributed by atoms with van der Waals surface area (Å²) >= 11 is 0. The first-order chi connectivity index (χ1) is 19.8. The zero-order chi connectivity index (χ0) is 28.7. The van der Waals surface area contributed by atoms with Gasteiger partial charge in [-0.3, -0.25) is 19.7 Å². The lowest BCUT2D eigenvalue weighted by Gasteiger charge is -2.47. The fraction of sp³-hybridized carbons (Fsp3) is 0.355. The van der Waals surface area contributed by atoms with Crippen LogP contribution in [0.3, 0.4) is 0 Å². The van der Waals surface area contributed by atoms with Gasteiger partial charge in [-0.2, -0.15) is 0 Å². The molecule has 1 N–H and O–H groups in total. The second-order valence-electron chi connectivity index (χ2n) is 11.1. The number of hydrogen-bond donors (Lipinski definition) is 1. The fourth-order valence-electron chi connectivity index (χ4n) is 6.59. The Morgan fingerprint density at radius 2 is 1.54 bits per heavy atom. The Morgan fingerprint density at radius 3 is 2.22 bits per heavy atom. The maximum absolute atomic E-state index is 14.4. The number of nitrogens with one attached hydrogen (secondary N) is 1. The highest BCUT2D eigenvalue weighted by atomic mass is 16.5. The lowest BCUT2D eigenvalue weighted by molar-refractivity contribution is -0.144. The van der Waals surface area contributed by atoms with Crippen LogP contribution in [0.15, 0.2) is 71.5 Å². The van der Waals surface area contributed by atoms with Gasteiger partial charge in [-0.15, -0.1) is 0 Å². The maximum atomic E-state index is 14.4. The predicted octanol–water partition coefficient (Wildman–Crippen LogP) is 2.80. The SMILES string of the molecule is COc1ccc(C[C@@]2(CN3C[C@H]4C[C@@H](C3)c3cccc(=O)n3C4)C(=O)NC(=O)N(c3ccc(OC)cc3)C2=O)cc1. The minimum atomic E-state index is -1.57. The van der Waals surface area contributed by atoms with E-state index in [4.69, 9.17) is 9.47 Å². The average molecular weight is 557 g/mol. The third-order valence-electron chi connectivity index (χ3n) is 8.52. The van der Waals surface area contributed by atoms with Crippen LogP contribution in [0.25, 0.3) is 0 Å². The Bertz CT molecular complexity index is 1550. The Kier molecular flexibility index (Phi) is 6.86. The van der Waals surface area contributed by atoms with Crippen LogP contribution in [-0.2, 0) is 22.6 Å². The Morgan fingerprint density at radius 1 is 0.854 bits per heavy atom. The molecule has 3 aromatic rings. The van der Waals surface area contributed by atoms with Gasteiger partial charge in [0, 0.05) is 43.9 Å². The second-order valence-corrected chi connectivity index (χ2v) is 11.1. The van der Waals surface area contributed by atoms with Gasteiger partial charge in [0.05, 0.1) is 19.9 Å². The fourth-order valence-corrected chi connectivity index (χ4v) is 6.59. The first-order valence-corrected chi connectivity index (χ1v) is 13.7. The van der Waals surface area contributed by atoms with Crippen molar-refractivity contribution in [2.45, 2.75) is 25.3 Å². The molecule has 0 saturated carbocycles. The number of pyridine rings is 1. The molecule has 10 nitrogen and oxygen atoms in total. The highest BCUT2D eigenvalue weighted by Gasteiger charge is 2.55. The number of urea groups is 1. The molecule has 0 radical (unpaired) electrons. The topological polar surface area (TPSA) is 110 Å². The number of benzene rings is 2. The number of barbiturate groups is 1. The van der Waals surface area contributed by atoms with Crippen molar-refractivity contribution in [2.75, 3.05) is 38.8 Å². The molecule has 6 rings (SSSR count). The van der Waals surface area contributed by atoms with Gasteiger partial charge < -0.3 is 18.9 Å². The van der Waals surface area contributed by atoms with E-state index in [1.165, 1.54) is 7.11 Å². The number of nitrogens with zero attached hydrogens (tertiary/aromatic N) is 3. The molecular weight excluding hydrogens is 524 g/mol. The number of carbonyl (C=O) groups excluding carboxylic acids is 3. The summed E-state index contributed by atoms with van der Waals surface area (Å²) < 4.78 is 12.4. The number of carbonyl (C=O) groups is 3. The number of piperidine rings is 1. The van der Waals surface area contributed by atoms with E-state index < -0.39 is 23.3 Å². The quantitative estimate of drug-likeness (QED) is 0.446. The van der Waals surface area contributed by atoms with E-state index in [-0.39, 0.29) is 30.4 Å². The van der Waals surface area contributed by atoms with Crippen LogP contribution in [0.5, 0.6) is 11.5 Å². The number of rotatable bonds is 7. The van der Waals surface area contributed by atoms with E-state index in [1.807, 2.05) is 22.8 Å². The summed E-state index contributed by atoms with van der Waals surface area (Å²) in [5.74, 6) is 0.379. The molecule has 3 atom stereocenters. The van der Waals surface area contributed by atoms with Gasteiger partial charge in [-0.25, -0.2) is 9.69 Å². The van der Waals surface area contributed by atoms with Gasteiger partial charge >= 0.3 is 6.03 Å². The molecule has 0 spiro atoms. The average Bonchev–Trinajstić information content (AvgIpc) is 2.97. The molecule has 0 unspecified atom stereocenters. The molecule has 3 aliphatic heterocycles. The number of aromatic nitrogens is 1. The van der Waals surface area contributed by atoms with Gasteiger partial charge in [0.1, 0.15) is 16.9 Å². The number of fused-ring (bicyclic) bond motifs is 4. The van der Waals surface area contributed by atoms with Crippen molar-refractivity contribution in [1.82, 2.24) is 14.8 Å². The summed E-state index contributed by atoms with van der Waals surface area (Å²) in [5.41, 5.74) is 0.537. The first-order valence-electron chi connectivity index (χ1n) is 13.7. The smallest absolute Gasteiger partial charge is 0.335 e. The normalized spacial score (nSPS) is 24.0. The van der Waals surface area contributed by atoms with Crippen molar-refractivity contribution in [2.24, 2.45) is 11.3 Å². The van der Waals surface area contributed by atoms with Gasteiger partial charge in [0.25, 0.3) is 11.5 Å². The maximum Gasteiger partial charge on any atom is 0.335 e. The van der Waals surface area contributed by atoms with Crippen LogP contribution in [0.4, 0.5) is 10.5 Å². The van der Waals surface area contributed by atoms with Crippen molar-refractivity contribution < 1.29 is 23.9 Å². The van der Waals surface area contributed by atoms with Crippen molar-refractivity contribution in [1.29, 1.82) is 0 Å². The van der Waals surface area contributed by atoms with Crippen molar-refractivity contribution in [3.63, 3.8) is 0 Å². The zero-order valence-corrected chi connectivity index (χ0v) is 23.0. The second kappa shape index (κ2) is 10.5. The summed E-state index contributed by atoms with van der Waals surface area (Å²) in [5, 5.41) is 2.48. The molecule has 212 valence electrons. The van der Waals surface area contributed by atoms with Crippen LogP contribution in [0, 0.1) is 11.3 Å². The number of methoxy groups -OCH3 is 2. The highest BCUT2D eigenvalue weighted by molar-refractivity contribution is 6.30. The van der Waals surface area contributed by atoms with E-state index in [2.05, 4.69) is 10.2 Å². The highest BCUT2D eigenvalue weighted by Crippen LogP contribution is 2.39. The number of likely N-dealkylation sites (tertiary alicyclic amines) is 1. The van der Waals surface area contributed by atoms with Crippen LogP contribution in [0.2, 0.25) is 0 Å². The van der Waals surface area contributed by atoms with E-state index >= 15 is 0 Å². The summed E-state index contributed by atoms with van der Waals surface area (Å²) in [7, 11) is 3.11. The summed E-state index contributed by atoms with van der Waals surface area (Å²) in [6.45, 7) is 1.97. The van der Waals surface area contributed by atoms with E-state index in [9.17, 15) is 19.2 Å². The van der Waals surface area contributed by atoms with Gasteiger partial charge in [0.15, 0.2) is 0 Å². The molecule has 2 saturated heterocycles. The lowest BCUT2D eigenvalue weighted by atomic mass is 9.75. The number of hydrogen-bond acceptors (Lipinski definition) is 7. The zero-order valence-electron chi connectivity index (χ0n) is 23.0. The molecule has 1 aromatic heterocycles.